The minimum atomic E-state index is -0.529. The summed E-state index contributed by atoms with van der Waals surface area (Å²) in [6.45, 7) is 6.77. The number of hydrogen-bond acceptors (Lipinski definition) is 3. The number of aromatic nitrogens is 2. The molecule has 1 fully saturated rings. The Morgan fingerprint density at radius 1 is 1.31 bits per heavy atom. The largest absolute Gasteiger partial charge is 0.354 e. The van der Waals surface area contributed by atoms with Crippen LogP contribution in [-0.2, 0) is 4.79 Å². The number of nitrogens with one attached hydrogen (secondary N) is 1. The molecule has 7 heteroatoms. The Labute approximate surface area is 152 Å². The molecule has 0 radical (unpaired) electrons. The van der Waals surface area contributed by atoms with Gasteiger partial charge in [0, 0.05) is 13.1 Å². The molecule has 1 atom stereocenters. The fraction of sp³-hybridized carbons (Fsp3) is 0.421. The Morgan fingerprint density at radius 3 is 2.65 bits per heavy atom. The van der Waals surface area contributed by atoms with Crippen LogP contribution in [0.4, 0.5) is 4.39 Å². The van der Waals surface area contributed by atoms with Gasteiger partial charge in [-0.3, -0.25) is 9.59 Å². The molecule has 2 aromatic rings. The van der Waals surface area contributed by atoms with Crippen LogP contribution in [0.15, 0.2) is 30.5 Å². The highest BCUT2D eigenvalue weighted by atomic mass is 19.1. The van der Waals surface area contributed by atoms with E-state index in [0.29, 0.717) is 30.8 Å². The van der Waals surface area contributed by atoms with E-state index in [1.54, 1.807) is 28.6 Å². The molecule has 1 aromatic heterocycles. The van der Waals surface area contributed by atoms with Crippen molar-refractivity contribution in [1.29, 1.82) is 0 Å². The van der Waals surface area contributed by atoms with Crippen molar-refractivity contribution in [2.45, 2.75) is 39.2 Å². The van der Waals surface area contributed by atoms with E-state index >= 15 is 0 Å². The molecule has 0 bridgehead atoms. The van der Waals surface area contributed by atoms with Gasteiger partial charge in [-0.05, 0) is 43.5 Å². The van der Waals surface area contributed by atoms with Gasteiger partial charge in [-0.15, -0.1) is 0 Å². The molecule has 0 spiro atoms. The fourth-order valence-corrected chi connectivity index (χ4v) is 3.24. The van der Waals surface area contributed by atoms with E-state index in [-0.39, 0.29) is 23.5 Å². The molecular formula is C19H23FN4O2. The van der Waals surface area contributed by atoms with E-state index < -0.39 is 6.04 Å². The van der Waals surface area contributed by atoms with Crippen LogP contribution < -0.4 is 5.32 Å². The monoisotopic (exact) mass is 358 g/mol. The summed E-state index contributed by atoms with van der Waals surface area (Å²) in [6, 6.07) is 5.46. The van der Waals surface area contributed by atoms with E-state index in [1.807, 2.05) is 13.8 Å². The van der Waals surface area contributed by atoms with Gasteiger partial charge in [-0.25, -0.2) is 9.07 Å². The Hall–Kier alpha value is -2.70. The predicted octanol–water partition coefficient (Wildman–Crippen LogP) is 2.49. The lowest BCUT2D eigenvalue weighted by molar-refractivity contribution is -0.124. The number of benzene rings is 1. The maximum atomic E-state index is 13.2. The Balaban J connectivity index is 2.01. The van der Waals surface area contributed by atoms with Gasteiger partial charge >= 0.3 is 0 Å². The number of nitrogens with zero attached hydrogens (tertiary/aromatic N) is 3. The third kappa shape index (κ3) is 3.34. The minimum absolute atomic E-state index is 0.0256. The third-order valence-corrected chi connectivity index (χ3v) is 4.64. The van der Waals surface area contributed by atoms with Gasteiger partial charge in [0.15, 0.2) is 0 Å². The first-order valence-electron chi connectivity index (χ1n) is 8.82. The van der Waals surface area contributed by atoms with E-state index in [0.717, 1.165) is 5.69 Å². The SMILES string of the molecule is CC(C)c1c(C(=O)N2CCCNC(=O)[C@H]2C)cnn1-c1ccc(F)cc1. The molecule has 138 valence electrons. The van der Waals surface area contributed by atoms with Gasteiger partial charge in [-0.2, -0.15) is 5.10 Å². The molecule has 0 unspecified atom stereocenters. The second-order valence-electron chi connectivity index (χ2n) is 6.81. The van der Waals surface area contributed by atoms with Crippen molar-refractivity contribution in [3.63, 3.8) is 0 Å². The van der Waals surface area contributed by atoms with Crippen LogP contribution in [-0.4, -0.2) is 45.6 Å². The Morgan fingerprint density at radius 2 is 2.00 bits per heavy atom. The average Bonchev–Trinajstić information content (AvgIpc) is 2.99. The standard InChI is InChI=1S/C19H23FN4O2/c1-12(2)17-16(11-22-24(17)15-7-5-14(20)6-8-15)19(26)23-10-4-9-21-18(25)13(23)3/h5-8,11-13H,4,9-10H2,1-3H3,(H,21,25)/t13-/m1/s1. The molecule has 26 heavy (non-hydrogen) atoms. The molecule has 2 amide bonds. The minimum Gasteiger partial charge on any atom is -0.354 e. The topological polar surface area (TPSA) is 67.2 Å². The normalized spacial score (nSPS) is 18.0. The van der Waals surface area contributed by atoms with Crippen LogP contribution in [0.5, 0.6) is 0 Å². The lowest BCUT2D eigenvalue weighted by atomic mass is 10.0. The first-order valence-corrected chi connectivity index (χ1v) is 8.82. The van der Waals surface area contributed by atoms with E-state index in [9.17, 15) is 14.0 Å². The maximum Gasteiger partial charge on any atom is 0.258 e. The molecule has 1 aliphatic heterocycles. The lowest BCUT2D eigenvalue weighted by Crippen LogP contribution is -2.45. The van der Waals surface area contributed by atoms with Gasteiger partial charge < -0.3 is 10.2 Å². The number of halogens is 1. The first-order chi connectivity index (χ1) is 12.4. The van der Waals surface area contributed by atoms with Gasteiger partial charge in [0.1, 0.15) is 11.9 Å². The van der Waals surface area contributed by atoms with Crippen LogP contribution in [0.3, 0.4) is 0 Å². The zero-order chi connectivity index (χ0) is 18.8. The highest BCUT2D eigenvalue weighted by molar-refractivity contribution is 5.98. The fourth-order valence-electron chi connectivity index (χ4n) is 3.24. The summed E-state index contributed by atoms with van der Waals surface area (Å²) in [6.07, 6.45) is 2.25. The van der Waals surface area contributed by atoms with Crippen molar-refractivity contribution in [3.8, 4) is 5.69 Å². The van der Waals surface area contributed by atoms with Crippen molar-refractivity contribution in [1.82, 2.24) is 20.0 Å². The number of amides is 2. The first kappa shape index (κ1) is 18.1. The third-order valence-electron chi connectivity index (χ3n) is 4.64. The molecule has 1 saturated heterocycles. The van der Waals surface area contributed by atoms with Crippen LogP contribution in [0.25, 0.3) is 5.69 Å². The van der Waals surface area contributed by atoms with Crippen molar-refractivity contribution in [3.05, 3.63) is 47.5 Å². The maximum absolute atomic E-state index is 13.2. The summed E-state index contributed by atoms with van der Waals surface area (Å²) in [5.74, 6) is -0.648. The van der Waals surface area contributed by atoms with Gasteiger partial charge in [0.05, 0.1) is 23.1 Å². The van der Waals surface area contributed by atoms with Crippen LogP contribution >= 0.6 is 0 Å². The second kappa shape index (κ2) is 7.27. The molecule has 1 aliphatic rings. The van der Waals surface area contributed by atoms with Crippen molar-refractivity contribution in [2.24, 2.45) is 0 Å². The Kier molecular flexibility index (Phi) is 5.06. The van der Waals surface area contributed by atoms with E-state index in [2.05, 4.69) is 10.4 Å². The van der Waals surface area contributed by atoms with E-state index in [1.165, 1.54) is 18.3 Å². The molecule has 3 rings (SSSR count). The molecule has 6 nitrogen and oxygen atoms in total. The average molecular weight is 358 g/mol. The van der Waals surface area contributed by atoms with Gasteiger partial charge in [-0.1, -0.05) is 13.8 Å². The van der Waals surface area contributed by atoms with Crippen LogP contribution in [0, 0.1) is 5.82 Å². The number of carbonyl (C=O) groups is 2. The van der Waals surface area contributed by atoms with Gasteiger partial charge in [0.2, 0.25) is 5.91 Å². The Bertz CT molecular complexity index is 813. The summed E-state index contributed by atoms with van der Waals surface area (Å²) >= 11 is 0. The van der Waals surface area contributed by atoms with Crippen molar-refractivity contribution in [2.75, 3.05) is 13.1 Å². The molecule has 2 heterocycles. The summed E-state index contributed by atoms with van der Waals surface area (Å²) in [4.78, 5) is 26.8. The van der Waals surface area contributed by atoms with E-state index in [4.69, 9.17) is 0 Å². The summed E-state index contributed by atoms with van der Waals surface area (Å²) in [5.41, 5.74) is 1.92. The zero-order valence-corrected chi connectivity index (χ0v) is 15.2. The quantitative estimate of drug-likeness (QED) is 0.917. The number of hydrogen-bond donors (Lipinski definition) is 1. The smallest absolute Gasteiger partial charge is 0.258 e. The van der Waals surface area contributed by atoms with Gasteiger partial charge in [0.25, 0.3) is 5.91 Å². The van der Waals surface area contributed by atoms with Crippen LogP contribution in [0.2, 0.25) is 0 Å². The second-order valence-corrected chi connectivity index (χ2v) is 6.81. The number of rotatable bonds is 3. The summed E-state index contributed by atoms with van der Waals surface area (Å²) in [7, 11) is 0. The van der Waals surface area contributed by atoms with Crippen LogP contribution in [0.1, 0.15) is 49.2 Å². The molecule has 1 aromatic carbocycles. The molecule has 1 N–H and O–H groups in total. The predicted molar refractivity (Wildman–Crippen MR) is 95.7 cm³/mol. The van der Waals surface area contributed by atoms with Crippen molar-refractivity contribution < 1.29 is 14.0 Å². The highest BCUT2D eigenvalue weighted by Gasteiger charge is 2.31. The molecular weight excluding hydrogens is 335 g/mol. The summed E-state index contributed by atoms with van der Waals surface area (Å²) < 4.78 is 14.9. The summed E-state index contributed by atoms with van der Waals surface area (Å²) in [5, 5.41) is 7.18. The number of carbonyl (C=O) groups excluding carboxylic acids is 2. The molecule has 0 saturated carbocycles. The lowest BCUT2D eigenvalue weighted by Gasteiger charge is -2.26. The molecule has 0 aliphatic carbocycles. The van der Waals surface area contributed by atoms with Crippen molar-refractivity contribution >= 4 is 11.8 Å². The highest BCUT2D eigenvalue weighted by Crippen LogP contribution is 2.25. The zero-order valence-electron chi connectivity index (χ0n) is 15.2.